The van der Waals surface area contributed by atoms with E-state index in [0.717, 1.165) is 56.4 Å². The molecule has 1 spiro atoms. The number of nitrogens with zero attached hydrogens (tertiary/aromatic N) is 3. The number of nitrogens with one attached hydrogen (secondary N) is 1. The maximum Gasteiger partial charge on any atom is 0.222 e. The van der Waals surface area contributed by atoms with Gasteiger partial charge in [0.2, 0.25) is 5.91 Å². The van der Waals surface area contributed by atoms with E-state index >= 15 is 0 Å². The second kappa shape index (κ2) is 9.80. The lowest BCUT2D eigenvalue weighted by molar-refractivity contribution is -0.130. The third kappa shape index (κ3) is 5.54. The molecule has 0 radical (unpaired) electrons. The van der Waals surface area contributed by atoms with Gasteiger partial charge in [-0.25, -0.2) is 0 Å². The summed E-state index contributed by atoms with van der Waals surface area (Å²) in [5.74, 6) is 0.222. The van der Waals surface area contributed by atoms with Gasteiger partial charge in [-0.3, -0.25) is 9.48 Å². The average Bonchev–Trinajstić information content (AvgIpc) is 3.37. The molecule has 2 aromatic rings. The van der Waals surface area contributed by atoms with Crippen LogP contribution in [0.5, 0.6) is 0 Å². The number of halogens is 2. The minimum Gasteiger partial charge on any atom is -0.394 e. The zero-order valence-electron chi connectivity index (χ0n) is 17.7. The highest BCUT2D eigenvalue weighted by molar-refractivity contribution is 6.35. The fourth-order valence-electron chi connectivity index (χ4n) is 4.95. The van der Waals surface area contributed by atoms with Crippen molar-refractivity contribution in [3.8, 4) is 0 Å². The molecule has 0 bridgehead atoms. The fraction of sp³-hybridized carbons (Fsp3) is 0.565. The number of hydrogen-bond acceptors (Lipinski definition) is 4. The van der Waals surface area contributed by atoms with Crippen LogP contribution in [0.25, 0.3) is 0 Å². The summed E-state index contributed by atoms with van der Waals surface area (Å²) in [5.41, 5.74) is 2.26. The minimum absolute atomic E-state index is 0.0923. The van der Waals surface area contributed by atoms with Crippen molar-refractivity contribution in [1.82, 2.24) is 14.7 Å². The smallest absolute Gasteiger partial charge is 0.222 e. The number of hydrogen-bond donors (Lipinski definition) is 2. The summed E-state index contributed by atoms with van der Waals surface area (Å²) in [5, 5.41) is 18.1. The van der Waals surface area contributed by atoms with E-state index in [0.29, 0.717) is 35.5 Å². The third-order valence-corrected chi connectivity index (χ3v) is 7.38. The number of amides is 1. The van der Waals surface area contributed by atoms with E-state index in [4.69, 9.17) is 28.3 Å². The van der Waals surface area contributed by atoms with Gasteiger partial charge >= 0.3 is 0 Å². The monoisotopic (exact) mass is 464 g/mol. The van der Waals surface area contributed by atoms with E-state index in [1.54, 1.807) is 10.7 Å². The Morgan fingerprint density at radius 1 is 1.26 bits per heavy atom. The van der Waals surface area contributed by atoms with Crippen molar-refractivity contribution in [2.24, 2.45) is 5.41 Å². The number of aliphatic hydroxyl groups is 1. The lowest BCUT2D eigenvalue weighted by atomic mass is 9.72. The topological polar surface area (TPSA) is 70.4 Å². The highest BCUT2D eigenvalue weighted by atomic mass is 35.5. The molecular formula is C23H30Cl2N4O2. The number of carbonyl (C=O) groups is 1. The van der Waals surface area contributed by atoms with Crippen LogP contribution in [0, 0.1) is 5.41 Å². The molecule has 2 fully saturated rings. The molecule has 0 atom stereocenters. The molecule has 2 heterocycles. The van der Waals surface area contributed by atoms with E-state index < -0.39 is 0 Å². The average molecular weight is 465 g/mol. The van der Waals surface area contributed by atoms with E-state index in [-0.39, 0.29) is 17.9 Å². The minimum atomic E-state index is 0.0923. The predicted octanol–water partition coefficient (Wildman–Crippen LogP) is 4.39. The van der Waals surface area contributed by atoms with Crippen LogP contribution in [0.1, 0.15) is 44.1 Å². The maximum atomic E-state index is 12.8. The van der Waals surface area contributed by atoms with Crippen LogP contribution < -0.4 is 5.32 Å². The first kappa shape index (κ1) is 22.4. The molecule has 1 aromatic carbocycles. The largest absolute Gasteiger partial charge is 0.394 e. The van der Waals surface area contributed by atoms with E-state index in [2.05, 4.69) is 15.3 Å². The first-order valence-corrected chi connectivity index (χ1v) is 11.8. The number of aromatic nitrogens is 2. The summed E-state index contributed by atoms with van der Waals surface area (Å²) >= 11 is 12.2. The van der Waals surface area contributed by atoms with Gasteiger partial charge in [-0.1, -0.05) is 29.3 Å². The van der Waals surface area contributed by atoms with Crippen LogP contribution >= 0.6 is 23.2 Å². The van der Waals surface area contributed by atoms with Crippen molar-refractivity contribution in [2.45, 2.75) is 57.5 Å². The lowest BCUT2D eigenvalue weighted by Crippen LogP contribution is -2.37. The molecule has 1 amide bonds. The normalized spacial score (nSPS) is 23.5. The molecule has 1 saturated heterocycles. The standard InChI is InChI=1S/C23H30Cl2N4O2/c24-18-3-1-17(21(25)13-18)2-4-22(31)28-10-9-23(16-28)7-5-19(6-8-23)27-20-14-26-29(15-20)11-12-30/h1,3,13-15,19,27,30H,2,4-12,16H2. The first-order valence-electron chi connectivity index (χ1n) is 11.1. The summed E-state index contributed by atoms with van der Waals surface area (Å²) in [6, 6.07) is 5.90. The molecule has 1 aliphatic heterocycles. The van der Waals surface area contributed by atoms with E-state index in [1.165, 1.54) is 0 Å². The van der Waals surface area contributed by atoms with Crippen LogP contribution in [0.4, 0.5) is 5.69 Å². The molecule has 1 aromatic heterocycles. The van der Waals surface area contributed by atoms with Gasteiger partial charge < -0.3 is 15.3 Å². The second-order valence-corrected chi connectivity index (χ2v) is 9.78. The van der Waals surface area contributed by atoms with Gasteiger partial charge in [0, 0.05) is 41.8 Å². The second-order valence-electron chi connectivity index (χ2n) is 8.94. The number of aliphatic hydroxyl groups excluding tert-OH is 1. The highest BCUT2D eigenvalue weighted by Crippen LogP contribution is 2.44. The Kier molecular flexibility index (Phi) is 7.09. The van der Waals surface area contributed by atoms with Crippen molar-refractivity contribution in [2.75, 3.05) is 25.0 Å². The quantitative estimate of drug-likeness (QED) is 0.637. The molecule has 168 valence electrons. The van der Waals surface area contributed by atoms with Crippen LogP contribution in [0.2, 0.25) is 10.0 Å². The molecular weight excluding hydrogens is 435 g/mol. The zero-order valence-corrected chi connectivity index (χ0v) is 19.2. The Hall–Kier alpha value is -1.76. The van der Waals surface area contributed by atoms with Gasteiger partial charge in [-0.05, 0) is 61.6 Å². The van der Waals surface area contributed by atoms with Gasteiger partial charge in [0.15, 0.2) is 0 Å². The summed E-state index contributed by atoms with van der Waals surface area (Å²) in [4.78, 5) is 14.9. The number of anilines is 1. The fourth-order valence-corrected chi connectivity index (χ4v) is 5.46. The molecule has 1 saturated carbocycles. The van der Waals surface area contributed by atoms with Gasteiger partial charge in [-0.2, -0.15) is 5.10 Å². The first-order chi connectivity index (χ1) is 15.0. The molecule has 2 aliphatic rings. The number of likely N-dealkylation sites (tertiary alicyclic amines) is 1. The number of carbonyl (C=O) groups excluding carboxylic acids is 1. The predicted molar refractivity (Wildman–Crippen MR) is 124 cm³/mol. The van der Waals surface area contributed by atoms with Gasteiger partial charge in [0.1, 0.15) is 0 Å². The third-order valence-electron chi connectivity index (χ3n) is 6.79. The summed E-state index contributed by atoms with van der Waals surface area (Å²) in [7, 11) is 0. The Morgan fingerprint density at radius 3 is 2.81 bits per heavy atom. The number of aryl methyl sites for hydroxylation is 1. The molecule has 1 aliphatic carbocycles. The van der Waals surface area contributed by atoms with Crippen molar-refractivity contribution in [1.29, 1.82) is 0 Å². The molecule has 6 nitrogen and oxygen atoms in total. The van der Waals surface area contributed by atoms with Crippen molar-refractivity contribution >= 4 is 34.8 Å². The van der Waals surface area contributed by atoms with Crippen LogP contribution in [0.15, 0.2) is 30.6 Å². The molecule has 4 rings (SSSR count). The Labute approximate surface area is 193 Å². The molecule has 31 heavy (non-hydrogen) atoms. The SMILES string of the molecule is O=C(CCc1ccc(Cl)cc1Cl)N1CCC2(CCC(Nc3cnn(CCO)c3)CC2)C1. The Morgan fingerprint density at radius 2 is 2.06 bits per heavy atom. The van der Waals surface area contributed by atoms with E-state index in [1.807, 2.05) is 24.5 Å². The van der Waals surface area contributed by atoms with Crippen LogP contribution in [-0.2, 0) is 17.8 Å². The zero-order chi connectivity index (χ0) is 21.8. The maximum absolute atomic E-state index is 12.8. The summed E-state index contributed by atoms with van der Waals surface area (Å²) < 4.78 is 1.75. The summed E-state index contributed by atoms with van der Waals surface area (Å²) in [6.07, 6.45) is 10.5. The van der Waals surface area contributed by atoms with Crippen LogP contribution in [-0.4, -0.2) is 51.4 Å². The van der Waals surface area contributed by atoms with Crippen molar-refractivity contribution in [3.05, 3.63) is 46.2 Å². The van der Waals surface area contributed by atoms with Crippen molar-refractivity contribution < 1.29 is 9.90 Å². The Balaban J connectivity index is 1.24. The van der Waals surface area contributed by atoms with Crippen molar-refractivity contribution in [3.63, 3.8) is 0 Å². The molecule has 0 unspecified atom stereocenters. The lowest BCUT2D eigenvalue weighted by Gasteiger charge is -2.37. The number of benzene rings is 1. The molecule has 2 N–H and O–H groups in total. The Bertz CT molecular complexity index is 909. The summed E-state index contributed by atoms with van der Waals surface area (Å²) in [6.45, 7) is 2.35. The van der Waals surface area contributed by atoms with E-state index in [9.17, 15) is 4.79 Å². The highest BCUT2D eigenvalue weighted by Gasteiger charge is 2.42. The number of rotatable bonds is 7. The van der Waals surface area contributed by atoms with Crippen LogP contribution in [0.3, 0.4) is 0 Å². The van der Waals surface area contributed by atoms with Gasteiger partial charge in [0.05, 0.1) is 25.0 Å². The van der Waals surface area contributed by atoms with Gasteiger partial charge in [0.25, 0.3) is 0 Å². The van der Waals surface area contributed by atoms with Gasteiger partial charge in [-0.15, -0.1) is 0 Å². The molecule has 8 heteroatoms.